The fourth-order valence-electron chi connectivity index (χ4n) is 1.54. The highest BCUT2D eigenvalue weighted by Gasteiger charge is 2.24. The molecule has 1 atom stereocenters. The van der Waals surface area contributed by atoms with Gasteiger partial charge in [-0.3, -0.25) is 0 Å². The number of ether oxygens (including phenoxy) is 3. The van der Waals surface area contributed by atoms with Crippen LogP contribution in [-0.4, -0.2) is 26.4 Å². The molecule has 0 N–H and O–H groups in total. The van der Waals surface area contributed by atoms with Gasteiger partial charge >= 0.3 is 0 Å². The highest BCUT2D eigenvalue weighted by molar-refractivity contribution is 5.41. The number of benzene rings is 1. The molecule has 0 bridgehead atoms. The number of hydrogen-bond donors (Lipinski definition) is 0. The van der Waals surface area contributed by atoms with Gasteiger partial charge in [-0.15, -0.1) is 0 Å². The summed E-state index contributed by atoms with van der Waals surface area (Å²) in [5, 5.41) is 0. The SMILES string of the molecule is C=CCOc1cc(OC)ccc1CC1CO1. The van der Waals surface area contributed by atoms with Gasteiger partial charge in [-0.1, -0.05) is 18.7 Å². The zero-order chi connectivity index (χ0) is 11.4. The summed E-state index contributed by atoms with van der Waals surface area (Å²) in [5.41, 5.74) is 1.16. The predicted octanol–water partition coefficient (Wildman–Crippen LogP) is 2.20. The van der Waals surface area contributed by atoms with Crippen LogP contribution in [0.25, 0.3) is 0 Å². The van der Waals surface area contributed by atoms with Crippen LogP contribution in [0.1, 0.15) is 5.56 Å². The number of rotatable bonds is 6. The largest absolute Gasteiger partial charge is 0.497 e. The maximum Gasteiger partial charge on any atom is 0.126 e. The summed E-state index contributed by atoms with van der Waals surface area (Å²) >= 11 is 0. The Balaban J connectivity index is 2.15. The Morgan fingerprint density at radius 2 is 2.38 bits per heavy atom. The van der Waals surface area contributed by atoms with E-state index in [9.17, 15) is 0 Å². The van der Waals surface area contributed by atoms with Gasteiger partial charge < -0.3 is 14.2 Å². The van der Waals surface area contributed by atoms with Crippen molar-refractivity contribution in [2.24, 2.45) is 0 Å². The zero-order valence-electron chi connectivity index (χ0n) is 9.44. The van der Waals surface area contributed by atoms with E-state index in [1.807, 2.05) is 18.2 Å². The summed E-state index contributed by atoms with van der Waals surface area (Å²) in [7, 11) is 1.65. The summed E-state index contributed by atoms with van der Waals surface area (Å²) in [5.74, 6) is 1.66. The third-order valence-electron chi connectivity index (χ3n) is 2.48. The van der Waals surface area contributed by atoms with Crippen molar-refractivity contribution in [2.45, 2.75) is 12.5 Å². The molecule has 3 nitrogen and oxygen atoms in total. The molecule has 16 heavy (non-hydrogen) atoms. The van der Waals surface area contributed by atoms with E-state index in [1.54, 1.807) is 13.2 Å². The Hall–Kier alpha value is -1.48. The molecule has 1 aromatic carbocycles. The van der Waals surface area contributed by atoms with Crippen molar-refractivity contribution in [3.05, 3.63) is 36.4 Å². The monoisotopic (exact) mass is 220 g/mol. The lowest BCUT2D eigenvalue weighted by molar-refractivity contribution is 0.349. The van der Waals surface area contributed by atoms with Crippen molar-refractivity contribution in [3.63, 3.8) is 0 Å². The van der Waals surface area contributed by atoms with Crippen LogP contribution in [0.5, 0.6) is 11.5 Å². The van der Waals surface area contributed by atoms with Crippen LogP contribution in [-0.2, 0) is 11.2 Å². The topological polar surface area (TPSA) is 31.0 Å². The molecule has 3 heteroatoms. The van der Waals surface area contributed by atoms with Crippen LogP contribution >= 0.6 is 0 Å². The van der Waals surface area contributed by atoms with Crippen LogP contribution in [0.15, 0.2) is 30.9 Å². The van der Waals surface area contributed by atoms with E-state index < -0.39 is 0 Å². The van der Waals surface area contributed by atoms with Crippen LogP contribution in [0.3, 0.4) is 0 Å². The molecule has 1 unspecified atom stereocenters. The standard InChI is InChI=1S/C13H16O3/c1-3-6-15-13-8-11(14-2)5-4-10(13)7-12-9-16-12/h3-5,8,12H,1,6-7,9H2,2H3. The van der Waals surface area contributed by atoms with Gasteiger partial charge in [0.1, 0.15) is 18.1 Å². The van der Waals surface area contributed by atoms with E-state index in [0.717, 1.165) is 30.1 Å². The first kappa shape index (κ1) is 11.0. The first-order valence-corrected chi connectivity index (χ1v) is 5.35. The lowest BCUT2D eigenvalue weighted by Crippen LogP contribution is -2.01. The Morgan fingerprint density at radius 1 is 1.56 bits per heavy atom. The molecule has 0 aromatic heterocycles. The molecule has 86 valence electrons. The van der Waals surface area contributed by atoms with E-state index in [0.29, 0.717) is 12.7 Å². The average molecular weight is 220 g/mol. The maximum atomic E-state index is 5.60. The maximum absolute atomic E-state index is 5.60. The van der Waals surface area contributed by atoms with Gasteiger partial charge in [-0.2, -0.15) is 0 Å². The molecule has 1 saturated heterocycles. The molecule has 1 heterocycles. The molecule has 0 amide bonds. The van der Waals surface area contributed by atoms with Gasteiger partial charge in [0.05, 0.1) is 19.8 Å². The van der Waals surface area contributed by atoms with E-state index in [2.05, 4.69) is 6.58 Å². The molecule has 0 saturated carbocycles. The Bertz CT molecular complexity index is 369. The quantitative estimate of drug-likeness (QED) is 0.544. The lowest BCUT2D eigenvalue weighted by Gasteiger charge is -2.11. The molecule has 2 rings (SSSR count). The van der Waals surface area contributed by atoms with Crippen LogP contribution in [0.2, 0.25) is 0 Å². The van der Waals surface area contributed by atoms with E-state index in [4.69, 9.17) is 14.2 Å². The first-order valence-electron chi connectivity index (χ1n) is 5.35. The van der Waals surface area contributed by atoms with Crippen molar-refractivity contribution in [1.82, 2.24) is 0 Å². The molecule has 1 fully saturated rings. The Labute approximate surface area is 95.6 Å². The molecule has 1 aromatic rings. The van der Waals surface area contributed by atoms with Crippen molar-refractivity contribution in [2.75, 3.05) is 20.3 Å². The number of hydrogen-bond acceptors (Lipinski definition) is 3. The summed E-state index contributed by atoms with van der Waals surface area (Å²) < 4.78 is 16.0. The average Bonchev–Trinajstić information content (AvgIpc) is 3.11. The molecule has 0 aliphatic carbocycles. The van der Waals surface area contributed by atoms with Gasteiger partial charge in [0, 0.05) is 12.5 Å². The van der Waals surface area contributed by atoms with Crippen molar-refractivity contribution in [1.29, 1.82) is 0 Å². The minimum atomic E-state index is 0.361. The number of epoxide rings is 1. The Kier molecular flexibility index (Phi) is 3.47. The van der Waals surface area contributed by atoms with E-state index >= 15 is 0 Å². The fraction of sp³-hybridized carbons (Fsp3) is 0.385. The van der Waals surface area contributed by atoms with Crippen LogP contribution < -0.4 is 9.47 Å². The summed E-state index contributed by atoms with van der Waals surface area (Å²) in [4.78, 5) is 0. The molecular weight excluding hydrogens is 204 g/mol. The molecule has 0 radical (unpaired) electrons. The third kappa shape index (κ3) is 2.76. The first-order chi connectivity index (χ1) is 7.83. The van der Waals surface area contributed by atoms with Gasteiger partial charge in [0.25, 0.3) is 0 Å². The van der Waals surface area contributed by atoms with Crippen LogP contribution in [0, 0.1) is 0 Å². The minimum Gasteiger partial charge on any atom is -0.497 e. The van der Waals surface area contributed by atoms with Crippen LogP contribution in [0.4, 0.5) is 0 Å². The van der Waals surface area contributed by atoms with Gasteiger partial charge in [-0.05, 0) is 11.6 Å². The molecule has 0 spiro atoms. The van der Waals surface area contributed by atoms with Gasteiger partial charge in [0.15, 0.2) is 0 Å². The van der Waals surface area contributed by atoms with E-state index in [-0.39, 0.29) is 0 Å². The van der Waals surface area contributed by atoms with Gasteiger partial charge in [0.2, 0.25) is 0 Å². The summed E-state index contributed by atoms with van der Waals surface area (Å²) in [6.07, 6.45) is 2.99. The molecule has 1 aliphatic rings. The zero-order valence-corrected chi connectivity index (χ0v) is 9.44. The van der Waals surface area contributed by atoms with Gasteiger partial charge in [-0.25, -0.2) is 0 Å². The second-order valence-electron chi connectivity index (χ2n) is 3.73. The smallest absolute Gasteiger partial charge is 0.126 e. The highest BCUT2D eigenvalue weighted by atomic mass is 16.6. The normalized spacial score (nSPS) is 17.9. The minimum absolute atomic E-state index is 0.361. The molecular formula is C13H16O3. The third-order valence-corrected chi connectivity index (χ3v) is 2.48. The van der Waals surface area contributed by atoms with Crippen molar-refractivity contribution >= 4 is 0 Å². The second-order valence-corrected chi connectivity index (χ2v) is 3.73. The highest BCUT2D eigenvalue weighted by Crippen LogP contribution is 2.28. The summed E-state index contributed by atoms with van der Waals surface area (Å²) in [6, 6.07) is 5.87. The van der Waals surface area contributed by atoms with Crippen molar-refractivity contribution < 1.29 is 14.2 Å². The van der Waals surface area contributed by atoms with E-state index in [1.165, 1.54) is 0 Å². The predicted molar refractivity (Wildman–Crippen MR) is 62.1 cm³/mol. The lowest BCUT2D eigenvalue weighted by atomic mass is 10.1. The summed E-state index contributed by atoms with van der Waals surface area (Å²) in [6.45, 7) is 5.00. The molecule has 1 aliphatic heterocycles. The Morgan fingerprint density at radius 3 is 3.00 bits per heavy atom. The van der Waals surface area contributed by atoms with Crippen molar-refractivity contribution in [3.8, 4) is 11.5 Å². The number of methoxy groups -OCH3 is 1. The fourth-order valence-corrected chi connectivity index (χ4v) is 1.54. The second kappa shape index (κ2) is 5.03.